The van der Waals surface area contributed by atoms with E-state index in [2.05, 4.69) is 0 Å². The molecule has 5 heteroatoms. The Kier molecular flexibility index (Phi) is 5.28. The molecule has 0 atom stereocenters. The zero-order valence-corrected chi connectivity index (χ0v) is 9.38. The average molecular weight is 230 g/mol. The van der Waals surface area contributed by atoms with Crippen LogP contribution in [0.2, 0.25) is 0 Å². The van der Waals surface area contributed by atoms with Crippen molar-refractivity contribution in [3.8, 4) is 0 Å². The number of hydrogen-bond acceptors (Lipinski definition) is 4. The van der Waals surface area contributed by atoms with Crippen LogP contribution in [0.3, 0.4) is 0 Å². The Labute approximate surface area is 92.6 Å². The van der Waals surface area contributed by atoms with Crippen LogP contribution in [0, 0.1) is 0 Å². The first-order chi connectivity index (χ1) is 7.25. The molecule has 0 saturated heterocycles. The number of carboxylic acid groups (broad SMARTS) is 1. The van der Waals surface area contributed by atoms with Gasteiger partial charge >= 0.3 is 5.97 Å². The third-order valence-electron chi connectivity index (χ3n) is 1.84. The number of carbonyl (C=O) groups is 1. The molecule has 0 saturated carbocycles. The zero-order valence-electron chi connectivity index (χ0n) is 8.56. The molecule has 1 heterocycles. The summed E-state index contributed by atoms with van der Waals surface area (Å²) in [5, 5.41) is 8.77. The molecule has 0 aromatic carbocycles. The van der Waals surface area contributed by atoms with Gasteiger partial charge in [-0.25, -0.2) is 4.79 Å². The van der Waals surface area contributed by atoms with Crippen molar-refractivity contribution in [3.05, 3.63) is 23.7 Å². The number of thioether (sulfide) groups is 1. The number of furan rings is 1. The second-order valence-electron chi connectivity index (χ2n) is 2.98. The van der Waals surface area contributed by atoms with Crippen molar-refractivity contribution in [2.75, 3.05) is 19.5 Å². The summed E-state index contributed by atoms with van der Waals surface area (Å²) in [6, 6.07) is 1.70. The average Bonchev–Trinajstić information content (AvgIpc) is 2.66. The van der Waals surface area contributed by atoms with Crippen molar-refractivity contribution in [3.63, 3.8) is 0 Å². The minimum absolute atomic E-state index is 0.0502. The monoisotopic (exact) mass is 230 g/mol. The quantitative estimate of drug-likeness (QED) is 0.728. The van der Waals surface area contributed by atoms with Gasteiger partial charge in [0, 0.05) is 25.0 Å². The first-order valence-electron chi connectivity index (χ1n) is 4.62. The molecular weight excluding hydrogens is 216 g/mol. The minimum Gasteiger partial charge on any atom is -0.475 e. The number of rotatable bonds is 7. The minimum atomic E-state index is -1.01. The van der Waals surface area contributed by atoms with E-state index in [-0.39, 0.29) is 5.76 Å². The van der Waals surface area contributed by atoms with Crippen LogP contribution >= 0.6 is 11.8 Å². The van der Waals surface area contributed by atoms with E-state index in [1.165, 1.54) is 6.26 Å². The maximum absolute atomic E-state index is 10.7. The van der Waals surface area contributed by atoms with E-state index in [1.807, 2.05) is 0 Å². The van der Waals surface area contributed by atoms with Gasteiger partial charge in [-0.1, -0.05) is 0 Å². The van der Waals surface area contributed by atoms with Crippen molar-refractivity contribution in [2.24, 2.45) is 0 Å². The number of carboxylic acids is 1. The van der Waals surface area contributed by atoms with E-state index < -0.39 is 5.97 Å². The van der Waals surface area contributed by atoms with E-state index in [0.29, 0.717) is 5.75 Å². The summed E-state index contributed by atoms with van der Waals surface area (Å²) in [6.45, 7) is 0.740. The Morgan fingerprint density at radius 2 is 2.47 bits per heavy atom. The molecule has 15 heavy (non-hydrogen) atoms. The van der Waals surface area contributed by atoms with Gasteiger partial charge < -0.3 is 14.3 Å². The predicted octanol–water partition coefficient (Wildman–Crippen LogP) is 2.25. The second-order valence-corrected chi connectivity index (χ2v) is 4.08. The molecule has 0 unspecified atom stereocenters. The van der Waals surface area contributed by atoms with Gasteiger partial charge in [0.2, 0.25) is 5.76 Å². The van der Waals surface area contributed by atoms with Crippen LogP contribution in [0.4, 0.5) is 0 Å². The van der Waals surface area contributed by atoms with Crippen LogP contribution in [-0.2, 0) is 10.5 Å². The molecule has 0 fully saturated rings. The summed E-state index contributed by atoms with van der Waals surface area (Å²) in [5.74, 6) is 0.668. The van der Waals surface area contributed by atoms with Crippen LogP contribution in [0.15, 0.2) is 16.7 Å². The van der Waals surface area contributed by atoms with Crippen molar-refractivity contribution in [2.45, 2.75) is 12.2 Å². The summed E-state index contributed by atoms with van der Waals surface area (Å²) in [5.41, 5.74) is 0.741. The molecule has 84 valence electrons. The Morgan fingerprint density at radius 1 is 1.67 bits per heavy atom. The van der Waals surface area contributed by atoms with Crippen LogP contribution in [0.25, 0.3) is 0 Å². The third kappa shape index (κ3) is 3.97. The third-order valence-corrected chi connectivity index (χ3v) is 2.93. The topological polar surface area (TPSA) is 59.7 Å². The number of aromatic carboxylic acids is 1. The second kappa shape index (κ2) is 6.53. The van der Waals surface area contributed by atoms with Crippen molar-refractivity contribution < 1.29 is 19.1 Å². The lowest BCUT2D eigenvalue weighted by molar-refractivity contribution is 0.0661. The fraction of sp³-hybridized carbons (Fsp3) is 0.500. The van der Waals surface area contributed by atoms with Crippen LogP contribution in [0.1, 0.15) is 22.5 Å². The molecule has 1 aromatic rings. The molecule has 0 aliphatic heterocycles. The lowest BCUT2D eigenvalue weighted by Gasteiger charge is -2.00. The van der Waals surface area contributed by atoms with E-state index in [9.17, 15) is 4.79 Å². The van der Waals surface area contributed by atoms with E-state index >= 15 is 0 Å². The predicted molar refractivity (Wildman–Crippen MR) is 58.3 cm³/mol. The highest BCUT2D eigenvalue weighted by Crippen LogP contribution is 2.18. The van der Waals surface area contributed by atoms with Crippen molar-refractivity contribution >= 4 is 17.7 Å². The molecule has 0 radical (unpaired) electrons. The summed E-state index contributed by atoms with van der Waals surface area (Å²) < 4.78 is 9.78. The zero-order chi connectivity index (χ0) is 11.1. The Balaban J connectivity index is 2.31. The van der Waals surface area contributed by atoms with Gasteiger partial charge in [0.15, 0.2) is 0 Å². The molecular formula is C10H14O4S. The van der Waals surface area contributed by atoms with Gasteiger partial charge in [-0.2, -0.15) is 11.8 Å². The molecule has 0 spiro atoms. The Morgan fingerprint density at radius 3 is 3.13 bits per heavy atom. The molecule has 0 amide bonds. The molecule has 4 nitrogen and oxygen atoms in total. The molecule has 0 aliphatic carbocycles. The highest BCUT2D eigenvalue weighted by Gasteiger charge is 2.13. The van der Waals surface area contributed by atoms with Crippen molar-refractivity contribution in [1.82, 2.24) is 0 Å². The maximum atomic E-state index is 10.7. The lowest BCUT2D eigenvalue weighted by Crippen LogP contribution is -1.98. The molecule has 0 aliphatic rings. The Bertz CT molecular complexity index is 308. The number of hydrogen-bond donors (Lipinski definition) is 1. The highest BCUT2D eigenvalue weighted by molar-refractivity contribution is 7.98. The smallest absolute Gasteiger partial charge is 0.372 e. The maximum Gasteiger partial charge on any atom is 0.372 e. The lowest BCUT2D eigenvalue weighted by atomic mass is 10.3. The fourth-order valence-electron chi connectivity index (χ4n) is 1.12. The van der Waals surface area contributed by atoms with E-state index in [4.69, 9.17) is 14.3 Å². The first kappa shape index (κ1) is 12.1. The molecule has 1 N–H and O–H groups in total. The van der Waals surface area contributed by atoms with Crippen molar-refractivity contribution in [1.29, 1.82) is 0 Å². The van der Waals surface area contributed by atoms with Gasteiger partial charge in [0.1, 0.15) is 0 Å². The summed E-state index contributed by atoms with van der Waals surface area (Å²) in [4.78, 5) is 10.7. The summed E-state index contributed by atoms with van der Waals surface area (Å²) >= 11 is 1.68. The van der Waals surface area contributed by atoms with Gasteiger partial charge in [0.25, 0.3) is 0 Å². The molecule has 1 aromatic heterocycles. The van der Waals surface area contributed by atoms with Crippen LogP contribution in [0.5, 0.6) is 0 Å². The van der Waals surface area contributed by atoms with Gasteiger partial charge in [-0.05, 0) is 18.2 Å². The Hall–Kier alpha value is -0.940. The van der Waals surface area contributed by atoms with Crippen LogP contribution < -0.4 is 0 Å². The summed E-state index contributed by atoms with van der Waals surface area (Å²) in [7, 11) is 1.67. The molecule has 0 bridgehead atoms. The van der Waals surface area contributed by atoms with E-state index in [0.717, 1.165) is 24.3 Å². The van der Waals surface area contributed by atoms with Gasteiger partial charge in [-0.3, -0.25) is 0 Å². The van der Waals surface area contributed by atoms with Crippen LogP contribution in [-0.4, -0.2) is 30.5 Å². The fourth-order valence-corrected chi connectivity index (χ4v) is 2.04. The normalized spacial score (nSPS) is 10.5. The standard InChI is InChI=1S/C10H14O4S/c1-13-4-2-6-15-7-8-3-5-14-9(8)10(11)12/h3,5H,2,4,6-7H2,1H3,(H,11,12). The number of methoxy groups -OCH3 is 1. The first-order valence-corrected chi connectivity index (χ1v) is 5.77. The summed E-state index contributed by atoms with van der Waals surface area (Å²) in [6.07, 6.45) is 2.38. The number of ether oxygens (including phenoxy) is 1. The van der Waals surface area contributed by atoms with E-state index in [1.54, 1.807) is 24.9 Å². The van der Waals surface area contributed by atoms with Gasteiger partial charge in [0.05, 0.1) is 6.26 Å². The highest BCUT2D eigenvalue weighted by atomic mass is 32.2. The largest absolute Gasteiger partial charge is 0.475 e. The molecule has 1 rings (SSSR count). The van der Waals surface area contributed by atoms with Gasteiger partial charge in [-0.15, -0.1) is 0 Å². The SMILES string of the molecule is COCCCSCc1ccoc1C(=O)O.